The highest BCUT2D eigenvalue weighted by molar-refractivity contribution is 6.24. The highest BCUT2D eigenvalue weighted by Gasteiger charge is 2.21. The zero-order valence-electron chi connectivity index (χ0n) is 25.5. The summed E-state index contributed by atoms with van der Waals surface area (Å²) < 4.78 is 6.69. The summed E-state index contributed by atoms with van der Waals surface area (Å²) in [7, 11) is 0. The molecule has 0 atom stereocenters. The Hall–Kier alpha value is -6.06. The summed E-state index contributed by atoms with van der Waals surface area (Å²) in [5.74, 6) is 0. The molecule has 8 aromatic rings. The Morgan fingerprint density at radius 1 is 0.565 bits per heavy atom. The van der Waals surface area contributed by atoms with Crippen LogP contribution in [0.1, 0.15) is 18.1 Å². The van der Waals surface area contributed by atoms with Crippen molar-refractivity contribution in [2.24, 2.45) is 5.73 Å². The number of rotatable bonds is 6. The first-order valence-electron chi connectivity index (χ1n) is 15.6. The van der Waals surface area contributed by atoms with E-state index in [1.165, 1.54) is 10.8 Å². The molecule has 3 nitrogen and oxygen atoms in total. The van der Waals surface area contributed by atoms with Crippen LogP contribution in [-0.2, 0) is 0 Å². The number of hydrogen-bond acceptors (Lipinski definition) is 3. The molecule has 0 spiro atoms. The van der Waals surface area contributed by atoms with Crippen LogP contribution in [0.4, 0.5) is 17.1 Å². The molecule has 0 amide bonds. The minimum Gasteiger partial charge on any atom is -0.456 e. The van der Waals surface area contributed by atoms with Gasteiger partial charge >= 0.3 is 0 Å². The van der Waals surface area contributed by atoms with E-state index in [2.05, 4.69) is 139 Å². The predicted molar refractivity (Wildman–Crippen MR) is 196 cm³/mol. The Balaban J connectivity index is 1.36. The van der Waals surface area contributed by atoms with Crippen LogP contribution in [0.5, 0.6) is 0 Å². The number of anilines is 3. The van der Waals surface area contributed by atoms with Gasteiger partial charge < -0.3 is 15.1 Å². The first kappa shape index (κ1) is 27.5. The average molecular weight is 593 g/mol. The largest absolute Gasteiger partial charge is 0.456 e. The minimum absolute atomic E-state index is 0.731. The molecule has 1 heterocycles. The van der Waals surface area contributed by atoms with Crippen molar-refractivity contribution in [3.63, 3.8) is 0 Å². The second-order valence-corrected chi connectivity index (χ2v) is 11.6. The Bertz CT molecular complexity index is 2440. The Morgan fingerprint density at radius 2 is 1.26 bits per heavy atom. The van der Waals surface area contributed by atoms with Gasteiger partial charge in [0.1, 0.15) is 11.2 Å². The molecule has 8 rings (SSSR count). The van der Waals surface area contributed by atoms with Crippen molar-refractivity contribution in [1.82, 2.24) is 0 Å². The first-order valence-corrected chi connectivity index (χ1v) is 15.6. The fourth-order valence-electron chi connectivity index (χ4n) is 6.53. The van der Waals surface area contributed by atoms with E-state index < -0.39 is 0 Å². The van der Waals surface area contributed by atoms with Crippen LogP contribution in [0.3, 0.4) is 0 Å². The summed E-state index contributed by atoms with van der Waals surface area (Å²) >= 11 is 0. The topological polar surface area (TPSA) is 42.4 Å². The lowest BCUT2D eigenvalue weighted by Crippen LogP contribution is -2.10. The molecule has 0 bridgehead atoms. The van der Waals surface area contributed by atoms with Crippen LogP contribution in [0.15, 0.2) is 168 Å². The Morgan fingerprint density at radius 3 is 2.07 bits per heavy atom. The van der Waals surface area contributed by atoms with Gasteiger partial charge in [-0.3, -0.25) is 0 Å². The number of nitrogens with two attached hydrogens (primary N) is 1. The van der Waals surface area contributed by atoms with Gasteiger partial charge in [-0.05, 0) is 76.2 Å². The maximum Gasteiger partial charge on any atom is 0.138 e. The fraction of sp³-hybridized carbons (Fsp3) is 0.0233. The monoisotopic (exact) mass is 592 g/mol. The van der Waals surface area contributed by atoms with Gasteiger partial charge in [0, 0.05) is 39.3 Å². The van der Waals surface area contributed by atoms with E-state index >= 15 is 0 Å². The van der Waals surface area contributed by atoms with Gasteiger partial charge in [0.2, 0.25) is 0 Å². The van der Waals surface area contributed by atoms with E-state index in [-0.39, 0.29) is 0 Å². The molecule has 0 aliphatic heterocycles. The average Bonchev–Trinajstić information content (AvgIpc) is 3.50. The maximum atomic E-state index is 6.69. The Labute approximate surface area is 268 Å². The van der Waals surface area contributed by atoms with Crippen molar-refractivity contribution in [2.75, 3.05) is 4.90 Å². The second kappa shape index (κ2) is 11.5. The molecule has 3 heteroatoms. The van der Waals surface area contributed by atoms with Gasteiger partial charge in [-0.2, -0.15) is 0 Å². The van der Waals surface area contributed by atoms with Crippen molar-refractivity contribution in [1.29, 1.82) is 0 Å². The van der Waals surface area contributed by atoms with Crippen LogP contribution in [0, 0.1) is 0 Å². The summed E-state index contributed by atoms with van der Waals surface area (Å²) in [4.78, 5) is 2.34. The quantitative estimate of drug-likeness (QED) is 0.195. The number of hydrogen-bond donors (Lipinski definition) is 1. The van der Waals surface area contributed by atoms with Gasteiger partial charge in [-0.25, -0.2) is 0 Å². The molecule has 0 unspecified atom stereocenters. The van der Waals surface area contributed by atoms with Gasteiger partial charge in [0.25, 0.3) is 0 Å². The minimum atomic E-state index is 0.731. The normalized spacial score (nSPS) is 12.4. The number of allylic oxidation sites excluding steroid dienone is 3. The highest BCUT2D eigenvalue weighted by atomic mass is 16.3. The molecular formula is C43H32N2O. The van der Waals surface area contributed by atoms with Crippen LogP contribution >= 0.6 is 0 Å². The third-order valence-corrected chi connectivity index (χ3v) is 8.77. The molecular weight excluding hydrogens is 560 g/mol. The smallest absolute Gasteiger partial charge is 0.138 e. The van der Waals surface area contributed by atoms with Crippen LogP contribution in [0.25, 0.3) is 54.8 Å². The van der Waals surface area contributed by atoms with Gasteiger partial charge in [-0.1, -0.05) is 121 Å². The van der Waals surface area contributed by atoms with Crippen LogP contribution < -0.4 is 10.6 Å². The van der Waals surface area contributed by atoms with Crippen molar-refractivity contribution in [3.8, 4) is 0 Å². The zero-order chi connectivity index (χ0) is 31.0. The number of para-hydroxylation sites is 1. The lowest BCUT2D eigenvalue weighted by atomic mass is 9.95. The van der Waals surface area contributed by atoms with Crippen LogP contribution in [0.2, 0.25) is 0 Å². The van der Waals surface area contributed by atoms with Crippen LogP contribution in [-0.4, -0.2) is 0 Å². The SMILES string of the molecule is C/C(=C\C=C(/N)c1ccccc1)c1cccc2oc3cc(N(c4ccccc4)c4ccc5ccccc5c4)c4ccccc4c3c12. The van der Waals surface area contributed by atoms with Crippen molar-refractivity contribution in [2.45, 2.75) is 6.92 Å². The molecule has 2 N–H and O–H groups in total. The molecule has 220 valence electrons. The first-order chi connectivity index (χ1) is 22.7. The number of furan rings is 1. The number of nitrogens with zero attached hydrogens (tertiary/aromatic N) is 1. The van der Waals surface area contributed by atoms with Gasteiger partial charge in [-0.15, -0.1) is 0 Å². The molecule has 0 aliphatic rings. The molecule has 46 heavy (non-hydrogen) atoms. The standard InChI is InChI=1S/C43H32N2O/c1-29(23-26-38(44)31-14-4-2-5-15-31)35-21-12-22-40-42(35)43-37-20-11-10-19-36(37)39(28-41(43)46-40)45(33-17-6-3-7-18-33)34-25-24-30-13-8-9-16-32(30)27-34/h2-28H,44H2,1H3/b29-23+,38-26-. The molecule has 1 aromatic heterocycles. The summed E-state index contributed by atoms with van der Waals surface area (Å²) in [6.45, 7) is 2.13. The van der Waals surface area contributed by atoms with E-state index in [1.807, 2.05) is 36.4 Å². The molecule has 0 saturated heterocycles. The molecule has 0 aliphatic carbocycles. The van der Waals surface area contributed by atoms with Crippen molar-refractivity contribution >= 4 is 71.8 Å². The van der Waals surface area contributed by atoms with E-state index in [0.29, 0.717) is 0 Å². The molecule has 7 aromatic carbocycles. The fourth-order valence-corrected chi connectivity index (χ4v) is 6.53. The number of benzene rings is 7. The van der Waals surface area contributed by atoms with E-state index in [9.17, 15) is 0 Å². The number of fused-ring (bicyclic) bond motifs is 6. The lowest BCUT2D eigenvalue weighted by Gasteiger charge is -2.27. The van der Waals surface area contributed by atoms with E-state index in [4.69, 9.17) is 10.2 Å². The van der Waals surface area contributed by atoms with Crippen molar-refractivity contribution in [3.05, 3.63) is 175 Å². The highest BCUT2D eigenvalue weighted by Crippen LogP contribution is 2.46. The predicted octanol–water partition coefficient (Wildman–Crippen LogP) is 11.8. The Kier molecular flexibility index (Phi) is 6.85. The van der Waals surface area contributed by atoms with E-state index in [0.717, 1.165) is 72.2 Å². The van der Waals surface area contributed by atoms with Gasteiger partial charge in [0.15, 0.2) is 0 Å². The van der Waals surface area contributed by atoms with Crippen molar-refractivity contribution < 1.29 is 4.42 Å². The van der Waals surface area contributed by atoms with Gasteiger partial charge in [0.05, 0.1) is 5.69 Å². The summed E-state index contributed by atoms with van der Waals surface area (Å²) in [6, 6.07) is 52.9. The molecule has 0 radical (unpaired) electrons. The van der Waals surface area contributed by atoms with E-state index in [1.54, 1.807) is 0 Å². The summed E-state index contributed by atoms with van der Waals surface area (Å²) in [6.07, 6.45) is 4.09. The lowest BCUT2D eigenvalue weighted by molar-refractivity contribution is 0.669. The second-order valence-electron chi connectivity index (χ2n) is 11.6. The summed E-state index contributed by atoms with van der Waals surface area (Å²) in [5, 5.41) is 6.94. The maximum absolute atomic E-state index is 6.69. The summed E-state index contributed by atoms with van der Waals surface area (Å²) in [5.41, 5.74) is 15.4. The molecule has 0 fully saturated rings. The third kappa shape index (κ3) is 4.79. The third-order valence-electron chi connectivity index (χ3n) is 8.77. The zero-order valence-corrected chi connectivity index (χ0v) is 25.5. The molecule has 0 saturated carbocycles.